The van der Waals surface area contributed by atoms with Gasteiger partial charge in [-0.05, 0) is 12.2 Å². The van der Waals surface area contributed by atoms with Crippen LogP contribution < -0.4 is 10.6 Å². The molecule has 2 rings (SSSR count). The molecular formula is C6H5N3OS2. The molecule has 1 fully saturated rings. The molecule has 2 N–H and O–H groups in total. The molecule has 0 aromatic carbocycles. The van der Waals surface area contributed by atoms with Crippen molar-refractivity contribution in [3.63, 3.8) is 0 Å². The Hall–Kier alpha value is -1.01. The minimum atomic E-state index is -0.399. The molecule has 0 spiro atoms. The number of aromatic nitrogens is 1. The highest BCUT2D eigenvalue weighted by molar-refractivity contribution is 7.80. The van der Waals surface area contributed by atoms with E-state index in [1.165, 1.54) is 11.3 Å². The first kappa shape index (κ1) is 7.63. The van der Waals surface area contributed by atoms with Crippen LogP contribution in [0.5, 0.6) is 0 Å². The molecule has 12 heavy (non-hydrogen) atoms. The van der Waals surface area contributed by atoms with Crippen molar-refractivity contribution in [1.82, 2.24) is 15.6 Å². The molecule has 1 aromatic rings. The number of hydrogen-bond acceptors (Lipinski definition) is 4. The summed E-state index contributed by atoms with van der Waals surface area (Å²) < 4.78 is 0. The molecule has 2 heterocycles. The van der Waals surface area contributed by atoms with Crippen molar-refractivity contribution in [2.75, 3.05) is 0 Å². The van der Waals surface area contributed by atoms with Crippen molar-refractivity contribution in [1.29, 1.82) is 0 Å². The second-order valence-corrected chi connectivity index (χ2v) is 3.44. The molecule has 1 amide bonds. The van der Waals surface area contributed by atoms with Gasteiger partial charge in [0, 0.05) is 5.38 Å². The topological polar surface area (TPSA) is 54.0 Å². The van der Waals surface area contributed by atoms with Gasteiger partial charge >= 0.3 is 0 Å². The van der Waals surface area contributed by atoms with Gasteiger partial charge in [0.15, 0.2) is 11.2 Å². The first-order chi connectivity index (χ1) is 5.77. The number of nitrogens with zero attached hydrogens (tertiary/aromatic N) is 1. The van der Waals surface area contributed by atoms with Crippen LogP contribution in [-0.2, 0) is 4.79 Å². The fraction of sp³-hybridized carbons (Fsp3) is 0.167. The van der Waals surface area contributed by atoms with Gasteiger partial charge in [0.2, 0.25) is 0 Å². The van der Waals surface area contributed by atoms with Crippen LogP contribution in [0.3, 0.4) is 0 Å². The van der Waals surface area contributed by atoms with E-state index < -0.39 is 6.04 Å². The average molecular weight is 199 g/mol. The predicted octanol–water partition coefficient (Wildman–Crippen LogP) is 0.189. The van der Waals surface area contributed by atoms with Gasteiger partial charge in [-0.3, -0.25) is 4.79 Å². The average Bonchev–Trinajstić information content (AvgIpc) is 2.58. The monoisotopic (exact) mass is 199 g/mol. The second kappa shape index (κ2) is 2.80. The van der Waals surface area contributed by atoms with Crippen molar-refractivity contribution in [2.24, 2.45) is 0 Å². The van der Waals surface area contributed by atoms with Crippen molar-refractivity contribution in [3.05, 3.63) is 16.6 Å². The highest BCUT2D eigenvalue weighted by atomic mass is 32.1. The molecule has 1 aliphatic rings. The van der Waals surface area contributed by atoms with E-state index in [2.05, 4.69) is 15.6 Å². The summed E-state index contributed by atoms with van der Waals surface area (Å²) in [7, 11) is 0. The summed E-state index contributed by atoms with van der Waals surface area (Å²) in [5.41, 5.74) is 2.41. The Labute approximate surface area is 78.0 Å². The molecule has 1 unspecified atom stereocenters. The molecule has 0 bridgehead atoms. The lowest BCUT2D eigenvalue weighted by molar-refractivity contribution is -0.120. The number of amides is 1. The predicted molar refractivity (Wildman–Crippen MR) is 48.7 cm³/mol. The lowest BCUT2D eigenvalue weighted by Gasteiger charge is -2.01. The first-order valence-corrected chi connectivity index (χ1v) is 4.62. The number of thiocarbonyl (C=S) groups is 1. The zero-order valence-electron chi connectivity index (χ0n) is 5.90. The van der Waals surface area contributed by atoms with Gasteiger partial charge in [0.05, 0.1) is 11.2 Å². The highest BCUT2D eigenvalue weighted by Gasteiger charge is 2.29. The minimum absolute atomic E-state index is 0.133. The van der Waals surface area contributed by atoms with Gasteiger partial charge < -0.3 is 10.6 Å². The number of hydrogen-bond donors (Lipinski definition) is 2. The van der Waals surface area contributed by atoms with Crippen LogP contribution in [0.4, 0.5) is 0 Å². The molecule has 1 aliphatic heterocycles. The SMILES string of the molecule is O=C1NC(=S)NC1c1cscn1. The van der Waals surface area contributed by atoms with Crippen LogP contribution in [0, 0.1) is 0 Å². The van der Waals surface area contributed by atoms with Crippen LogP contribution >= 0.6 is 23.6 Å². The van der Waals surface area contributed by atoms with Crippen molar-refractivity contribution in [2.45, 2.75) is 6.04 Å². The van der Waals surface area contributed by atoms with Gasteiger partial charge in [0.1, 0.15) is 0 Å². The number of thiazole rings is 1. The summed E-state index contributed by atoms with van der Waals surface area (Å²) >= 11 is 6.23. The molecule has 0 radical (unpaired) electrons. The zero-order chi connectivity index (χ0) is 8.55. The van der Waals surface area contributed by atoms with Gasteiger partial charge in [0.25, 0.3) is 5.91 Å². The van der Waals surface area contributed by atoms with Crippen LogP contribution in [0.2, 0.25) is 0 Å². The summed E-state index contributed by atoms with van der Waals surface area (Å²) in [6.45, 7) is 0. The number of carbonyl (C=O) groups is 1. The second-order valence-electron chi connectivity index (χ2n) is 2.31. The van der Waals surface area contributed by atoms with E-state index in [0.717, 1.165) is 5.69 Å². The molecule has 4 nitrogen and oxygen atoms in total. The standard InChI is InChI=1S/C6H5N3OS2/c10-5-4(8-6(11)9-5)3-1-12-2-7-3/h1-2,4H,(H2,8,9,10,11). The summed E-state index contributed by atoms with van der Waals surface area (Å²) in [6, 6.07) is -0.399. The van der Waals surface area contributed by atoms with E-state index in [1.54, 1.807) is 5.51 Å². The molecule has 1 saturated heterocycles. The largest absolute Gasteiger partial charge is 0.346 e. The molecular weight excluding hydrogens is 194 g/mol. The van der Waals surface area contributed by atoms with Crippen LogP contribution in [0.15, 0.2) is 10.9 Å². The summed E-state index contributed by atoms with van der Waals surface area (Å²) in [5, 5.41) is 7.52. The number of rotatable bonds is 1. The Morgan fingerprint density at radius 1 is 1.67 bits per heavy atom. The molecule has 0 aliphatic carbocycles. The van der Waals surface area contributed by atoms with Gasteiger partial charge in [-0.2, -0.15) is 0 Å². The smallest absolute Gasteiger partial charge is 0.254 e. The molecule has 0 saturated carbocycles. The van der Waals surface area contributed by atoms with Crippen LogP contribution in [-0.4, -0.2) is 16.0 Å². The maximum atomic E-state index is 11.2. The molecule has 6 heteroatoms. The Morgan fingerprint density at radius 3 is 3.00 bits per heavy atom. The Kier molecular flexibility index (Phi) is 1.78. The lowest BCUT2D eigenvalue weighted by atomic mass is 10.2. The van der Waals surface area contributed by atoms with Crippen molar-refractivity contribution >= 4 is 34.6 Å². The van der Waals surface area contributed by atoms with Crippen molar-refractivity contribution < 1.29 is 4.79 Å². The highest BCUT2D eigenvalue weighted by Crippen LogP contribution is 2.15. The first-order valence-electron chi connectivity index (χ1n) is 3.27. The van der Waals surface area contributed by atoms with Gasteiger partial charge in [-0.15, -0.1) is 11.3 Å². The van der Waals surface area contributed by atoms with E-state index >= 15 is 0 Å². The minimum Gasteiger partial charge on any atom is -0.346 e. The molecule has 1 aromatic heterocycles. The normalized spacial score (nSPS) is 22.2. The lowest BCUT2D eigenvalue weighted by Crippen LogP contribution is -2.21. The maximum absolute atomic E-state index is 11.2. The Morgan fingerprint density at radius 2 is 2.50 bits per heavy atom. The summed E-state index contributed by atoms with van der Waals surface area (Å²) in [4.78, 5) is 15.2. The van der Waals surface area contributed by atoms with Crippen LogP contribution in [0.1, 0.15) is 11.7 Å². The summed E-state index contributed by atoms with van der Waals surface area (Å²) in [6.07, 6.45) is 0. The van der Waals surface area contributed by atoms with Crippen molar-refractivity contribution in [3.8, 4) is 0 Å². The maximum Gasteiger partial charge on any atom is 0.254 e. The molecule has 62 valence electrons. The quantitative estimate of drug-likeness (QED) is 0.634. The molecule has 1 atom stereocenters. The fourth-order valence-corrected chi connectivity index (χ4v) is 1.79. The van der Waals surface area contributed by atoms with E-state index in [9.17, 15) is 4.79 Å². The Bertz CT molecular complexity index is 322. The Balaban J connectivity index is 2.26. The van der Waals surface area contributed by atoms with Crippen LogP contribution in [0.25, 0.3) is 0 Å². The van der Waals surface area contributed by atoms with E-state index in [0.29, 0.717) is 5.11 Å². The number of nitrogens with one attached hydrogen (secondary N) is 2. The fourth-order valence-electron chi connectivity index (χ4n) is 0.989. The third-order valence-corrected chi connectivity index (χ3v) is 2.35. The zero-order valence-corrected chi connectivity index (χ0v) is 7.54. The third kappa shape index (κ3) is 1.19. The van der Waals surface area contributed by atoms with E-state index in [-0.39, 0.29) is 5.91 Å². The third-order valence-electron chi connectivity index (χ3n) is 1.52. The van der Waals surface area contributed by atoms with E-state index in [4.69, 9.17) is 12.2 Å². The number of carbonyl (C=O) groups excluding carboxylic acids is 1. The van der Waals surface area contributed by atoms with E-state index in [1.807, 2.05) is 5.38 Å². The van der Waals surface area contributed by atoms with Gasteiger partial charge in [-0.25, -0.2) is 4.98 Å². The van der Waals surface area contributed by atoms with Gasteiger partial charge in [-0.1, -0.05) is 0 Å². The summed E-state index contributed by atoms with van der Waals surface area (Å²) in [5.74, 6) is -0.133.